The van der Waals surface area contributed by atoms with Crippen molar-refractivity contribution in [3.8, 4) is 0 Å². The van der Waals surface area contributed by atoms with E-state index in [1.807, 2.05) is 0 Å². The maximum Gasteiger partial charge on any atom is 0.324 e. The quantitative estimate of drug-likeness (QED) is 0.669. The van der Waals surface area contributed by atoms with Crippen LogP contribution in [-0.2, 0) is 14.8 Å². The molecule has 0 radical (unpaired) electrons. The number of aromatic nitrogens is 1. The number of sulfonamides is 1. The van der Waals surface area contributed by atoms with Crippen LogP contribution in [0.3, 0.4) is 0 Å². The van der Waals surface area contributed by atoms with Crippen LogP contribution in [-0.4, -0.2) is 85.3 Å². The summed E-state index contributed by atoms with van der Waals surface area (Å²) in [5.74, 6) is -0.197. The minimum atomic E-state index is -3.50. The number of nitrogens with one attached hydrogen (secondary N) is 1. The maximum atomic E-state index is 12.5. The highest BCUT2D eigenvalue weighted by Crippen LogP contribution is 2.16. The van der Waals surface area contributed by atoms with E-state index in [-0.39, 0.29) is 23.4 Å². The molecule has 1 aromatic rings. The van der Waals surface area contributed by atoms with E-state index in [1.165, 1.54) is 15.4 Å². The third-order valence-electron chi connectivity index (χ3n) is 4.40. The highest BCUT2D eigenvalue weighted by atomic mass is 32.2. The van der Waals surface area contributed by atoms with E-state index in [4.69, 9.17) is 0 Å². The Morgan fingerprint density at radius 3 is 2.48 bits per heavy atom. The molecule has 2 aliphatic rings. The predicted molar refractivity (Wildman–Crippen MR) is 89.2 cm³/mol. The van der Waals surface area contributed by atoms with Crippen molar-refractivity contribution < 1.29 is 18.0 Å². The summed E-state index contributed by atoms with van der Waals surface area (Å²) < 4.78 is 26.5. The molecule has 0 atom stereocenters. The van der Waals surface area contributed by atoms with E-state index in [9.17, 15) is 18.0 Å². The van der Waals surface area contributed by atoms with Gasteiger partial charge in [0.15, 0.2) is 0 Å². The Kier molecular flexibility index (Phi) is 5.30. The summed E-state index contributed by atoms with van der Waals surface area (Å²) in [5, 5.41) is 2.49. The van der Waals surface area contributed by atoms with Crippen LogP contribution in [0.5, 0.6) is 0 Å². The van der Waals surface area contributed by atoms with Crippen LogP contribution in [0.4, 0.5) is 4.79 Å². The average Bonchev–Trinajstić information content (AvgIpc) is 2.95. The van der Waals surface area contributed by atoms with Crippen molar-refractivity contribution in [3.05, 3.63) is 24.5 Å². The second-order valence-electron chi connectivity index (χ2n) is 5.99. The van der Waals surface area contributed by atoms with E-state index >= 15 is 0 Å². The molecule has 9 nitrogen and oxygen atoms in total. The number of pyridine rings is 1. The van der Waals surface area contributed by atoms with Crippen LogP contribution >= 0.6 is 0 Å². The van der Waals surface area contributed by atoms with Crippen molar-refractivity contribution in [1.82, 2.24) is 24.4 Å². The Labute approximate surface area is 146 Å². The number of urea groups is 1. The number of carbonyl (C=O) groups excluding carboxylic acids is 2. The van der Waals surface area contributed by atoms with Gasteiger partial charge in [0.1, 0.15) is 4.90 Å². The van der Waals surface area contributed by atoms with Gasteiger partial charge in [-0.25, -0.2) is 13.2 Å². The fourth-order valence-corrected chi connectivity index (χ4v) is 4.36. The van der Waals surface area contributed by atoms with Crippen molar-refractivity contribution in [2.24, 2.45) is 0 Å². The second-order valence-corrected chi connectivity index (χ2v) is 7.93. The number of rotatable bonds is 6. The lowest BCUT2D eigenvalue weighted by Gasteiger charge is -2.34. The van der Waals surface area contributed by atoms with E-state index in [0.29, 0.717) is 39.1 Å². The van der Waals surface area contributed by atoms with Gasteiger partial charge in [-0.1, -0.05) is 0 Å². The standard InChI is InChI=1S/C15H21N5O4S/c21-14-12-17-15(22)20(14)6-2-5-18-7-9-19(10-8-18)25(23,24)13-3-1-4-16-11-13/h1,3-4,11H,2,5-10,12H2,(H,17,22). The smallest absolute Gasteiger partial charge is 0.324 e. The molecule has 0 saturated carbocycles. The summed E-state index contributed by atoms with van der Waals surface area (Å²) in [6, 6.07) is 2.82. The summed E-state index contributed by atoms with van der Waals surface area (Å²) in [7, 11) is -3.50. The topological polar surface area (TPSA) is 103 Å². The number of nitrogens with zero attached hydrogens (tertiary/aromatic N) is 4. The minimum Gasteiger partial charge on any atom is -0.329 e. The molecule has 2 aliphatic heterocycles. The second kappa shape index (κ2) is 7.46. The maximum absolute atomic E-state index is 12.5. The largest absolute Gasteiger partial charge is 0.329 e. The van der Waals surface area contributed by atoms with Crippen LogP contribution in [0.15, 0.2) is 29.4 Å². The van der Waals surface area contributed by atoms with E-state index in [2.05, 4.69) is 15.2 Å². The molecule has 1 N–H and O–H groups in total. The molecule has 1 aromatic heterocycles. The Hall–Kier alpha value is -2.04. The first kappa shape index (κ1) is 17.8. The molecule has 10 heteroatoms. The zero-order valence-corrected chi connectivity index (χ0v) is 14.6. The lowest BCUT2D eigenvalue weighted by molar-refractivity contribution is -0.125. The molecule has 2 saturated heterocycles. The molecule has 0 bridgehead atoms. The molecule has 3 amide bonds. The van der Waals surface area contributed by atoms with Gasteiger partial charge in [0.05, 0.1) is 6.54 Å². The first-order valence-electron chi connectivity index (χ1n) is 8.19. The van der Waals surface area contributed by atoms with E-state index < -0.39 is 10.0 Å². The van der Waals surface area contributed by atoms with Gasteiger partial charge >= 0.3 is 6.03 Å². The molecule has 0 aliphatic carbocycles. The molecule has 0 unspecified atom stereocenters. The lowest BCUT2D eigenvalue weighted by Crippen LogP contribution is -2.49. The van der Waals surface area contributed by atoms with Crippen LogP contribution in [0, 0.1) is 0 Å². The monoisotopic (exact) mass is 367 g/mol. The van der Waals surface area contributed by atoms with Gasteiger partial charge in [-0.3, -0.25) is 14.7 Å². The molecule has 2 fully saturated rings. The summed E-state index contributed by atoms with van der Waals surface area (Å²) in [6.07, 6.45) is 3.58. The van der Waals surface area contributed by atoms with Crippen molar-refractivity contribution in [2.75, 3.05) is 45.8 Å². The van der Waals surface area contributed by atoms with Gasteiger partial charge in [-0.05, 0) is 25.1 Å². The molecule has 0 spiro atoms. The van der Waals surface area contributed by atoms with Crippen molar-refractivity contribution >= 4 is 22.0 Å². The molecular formula is C15H21N5O4S. The fourth-order valence-electron chi connectivity index (χ4n) is 2.98. The van der Waals surface area contributed by atoms with Gasteiger partial charge < -0.3 is 10.2 Å². The van der Waals surface area contributed by atoms with Crippen molar-refractivity contribution in [1.29, 1.82) is 0 Å². The zero-order chi connectivity index (χ0) is 17.9. The summed E-state index contributed by atoms with van der Waals surface area (Å²) in [6.45, 7) is 3.26. The molecular weight excluding hydrogens is 346 g/mol. The summed E-state index contributed by atoms with van der Waals surface area (Å²) in [5.41, 5.74) is 0. The molecule has 3 rings (SSSR count). The van der Waals surface area contributed by atoms with Crippen LogP contribution in [0.1, 0.15) is 6.42 Å². The number of carbonyl (C=O) groups is 2. The van der Waals surface area contributed by atoms with Crippen LogP contribution < -0.4 is 5.32 Å². The molecule has 3 heterocycles. The average molecular weight is 367 g/mol. The van der Waals surface area contributed by atoms with Crippen LogP contribution in [0.25, 0.3) is 0 Å². The third-order valence-corrected chi connectivity index (χ3v) is 6.28. The van der Waals surface area contributed by atoms with E-state index in [1.54, 1.807) is 18.3 Å². The number of hydrogen-bond acceptors (Lipinski definition) is 6. The highest BCUT2D eigenvalue weighted by Gasteiger charge is 2.30. The predicted octanol–water partition coefficient (Wildman–Crippen LogP) is -0.670. The van der Waals surface area contributed by atoms with Gasteiger partial charge in [0, 0.05) is 45.1 Å². The molecule has 0 aromatic carbocycles. The van der Waals surface area contributed by atoms with Gasteiger partial charge in [-0.15, -0.1) is 0 Å². The lowest BCUT2D eigenvalue weighted by atomic mass is 10.3. The van der Waals surface area contributed by atoms with Crippen molar-refractivity contribution in [3.63, 3.8) is 0 Å². The number of piperazine rings is 1. The Morgan fingerprint density at radius 1 is 1.12 bits per heavy atom. The first-order chi connectivity index (χ1) is 12.0. The zero-order valence-electron chi connectivity index (χ0n) is 13.8. The Morgan fingerprint density at radius 2 is 1.88 bits per heavy atom. The minimum absolute atomic E-state index is 0.0731. The molecule has 25 heavy (non-hydrogen) atoms. The normalized spacial score (nSPS) is 20.1. The summed E-state index contributed by atoms with van der Waals surface area (Å²) >= 11 is 0. The molecule has 136 valence electrons. The van der Waals surface area contributed by atoms with Gasteiger partial charge in [0.25, 0.3) is 0 Å². The van der Waals surface area contributed by atoms with Gasteiger partial charge in [0.2, 0.25) is 15.9 Å². The number of imide groups is 1. The van der Waals surface area contributed by atoms with Gasteiger partial charge in [-0.2, -0.15) is 4.31 Å². The Bertz CT molecular complexity index is 716. The summed E-state index contributed by atoms with van der Waals surface area (Å²) in [4.78, 5) is 30.4. The number of hydrogen-bond donors (Lipinski definition) is 1. The van der Waals surface area contributed by atoms with E-state index in [0.717, 1.165) is 6.54 Å². The third kappa shape index (κ3) is 3.97. The highest BCUT2D eigenvalue weighted by molar-refractivity contribution is 7.89. The number of amides is 3. The van der Waals surface area contributed by atoms with Crippen molar-refractivity contribution in [2.45, 2.75) is 11.3 Å². The first-order valence-corrected chi connectivity index (χ1v) is 9.63. The fraction of sp³-hybridized carbons (Fsp3) is 0.533. The Balaban J connectivity index is 1.46. The SMILES string of the molecule is O=C1CNC(=O)N1CCCN1CCN(S(=O)(=O)c2cccnc2)CC1. The van der Waals surface area contributed by atoms with Crippen LogP contribution in [0.2, 0.25) is 0 Å².